The predicted molar refractivity (Wildman–Crippen MR) is 69.4 cm³/mol. The predicted octanol–water partition coefficient (Wildman–Crippen LogP) is 4.04. The zero-order valence-electron chi connectivity index (χ0n) is 10.2. The summed E-state index contributed by atoms with van der Waals surface area (Å²) >= 11 is 5.67. The molecule has 0 radical (unpaired) electrons. The highest BCUT2D eigenvalue weighted by atomic mass is 35.5. The van der Waals surface area contributed by atoms with Gasteiger partial charge < -0.3 is 0 Å². The zero-order valence-corrected chi connectivity index (χ0v) is 10.9. The SMILES string of the molecule is CCC/C(Cl)=N/OC(=O)Nc1cc(F)ccc1C. The summed E-state index contributed by atoms with van der Waals surface area (Å²) in [5.74, 6) is -0.441. The largest absolute Gasteiger partial charge is 0.437 e. The molecule has 0 fully saturated rings. The first-order valence-corrected chi connectivity index (χ1v) is 5.87. The maximum absolute atomic E-state index is 13.0. The van der Waals surface area contributed by atoms with E-state index in [4.69, 9.17) is 11.6 Å². The molecule has 1 rings (SSSR count). The minimum absolute atomic E-state index is 0.212. The van der Waals surface area contributed by atoms with Crippen LogP contribution in [0.4, 0.5) is 14.9 Å². The molecule has 98 valence electrons. The second-order valence-electron chi connectivity index (χ2n) is 3.68. The molecule has 0 aromatic heterocycles. The Morgan fingerprint density at radius 3 is 2.94 bits per heavy atom. The fraction of sp³-hybridized carbons (Fsp3) is 0.333. The number of oxime groups is 1. The monoisotopic (exact) mass is 272 g/mol. The molecule has 1 aromatic carbocycles. The minimum Gasteiger partial charge on any atom is -0.297 e. The van der Waals surface area contributed by atoms with Crippen LogP contribution < -0.4 is 5.32 Å². The number of aryl methyl sites for hydroxylation is 1. The van der Waals surface area contributed by atoms with E-state index in [9.17, 15) is 9.18 Å². The van der Waals surface area contributed by atoms with Gasteiger partial charge in [-0.2, -0.15) is 0 Å². The number of carbonyl (C=O) groups is 1. The third kappa shape index (κ3) is 4.71. The van der Waals surface area contributed by atoms with Crippen LogP contribution in [0.25, 0.3) is 0 Å². The summed E-state index contributed by atoms with van der Waals surface area (Å²) in [5.41, 5.74) is 1.05. The van der Waals surface area contributed by atoms with Gasteiger partial charge in [0.15, 0.2) is 0 Å². The molecular formula is C12H14ClFN2O2. The number of hydrogen-bond donors (Lipinski definition) is 1. The van der Waals surface area contributed by atoms with Gasteiger partial charge in [0.05, 0.1) is 0 Å². The van der Waals surface area contributed by atoms with Crippen LogP contribution in [0.2, 0.25) is 0 Å². The van der Waals surface area contributed by atoms with Gasteiger partial charge in [0, 0.05) is 12.1 Å². The topological polar surface area (TPSA) is 50.7 Å². The molecular weight excluding hydrogens is 259 g/mol. The van der Waals surface area contributed by atoms with Gasteiger partial charge in [-0.3, -0.25) is 10.2 Å². The standard InChI is InChI=1S/C12H14ClFN2O2/c1-3-4-11(13)16-18-12(17)15-10-7-9(14)6-5-8(10)2/h5-7H,3-4H2,1-2H3,(H,15,17)/b16-11-. The summed E-state index contributed by atoms with van der Waals surface area (Å²) in [4.78, 5) is 15.9. The van der Waals surface area contributed by atoms with E-state index in [0.29, 0.717) is 12.1 Å². The lowest BCUT2D eigenvalue weighted by molar-refractivity contribution is 0.166. The third-order valence-corrected chi connectivity index (χ3v) is 2.38. The molecule has 1 aromatic rings. The molecule has 0 heterocycles. The Labute approximate surface area is 110 Å². The summed E-state index contributed by atoms with van der Waals surface area (Å²) in [6.07, 6.45) is 0.530. The van der Waals surface area contributed by atoms with Gasteiger partial charge >= 0.3 is 6.09 Å². The van der Waals surface area contributed by atoms with Crippen molar-refractivity contribution in [3.63, 3.8) is 0 Å². The second kappa shape index (κ2) is 6.96. The highest BCUT2D eigenvalue weighted by molar-refractivity contribution is 6.65. The van der Waals surface area contributed by atoms with Crippen molar-refractivity contribution >= 4 is 28.6 Å². The molecule has 4 nitrogen and oxygen atoms in total. The number of halogens is 2. The Bertz CT molecular complexity index is 463. The number of nitrogens with one attached hydrogen (secondary N) is 1. The van der Waals surface area contributed by atoms with Crippen LogP contribution in [0.5, 0.6) is 0 Å². The number of carbonyl (C=O) groups excluding carboxylic acids is 1. The third-order valence-electron chi connectivity index (χ3n) is 2.12. The van der Waals surface area contributed by atoms with E-state index in [1.807, 2.05) is 6.92 Å². The van der Waals surface area contributed by atoms with E-state index in [1.54, 1.807) is 13.0 Å². The molecule has 0 atom stereocenters. The molecule has 0 saturated carbocycles. The summed E-state index contributed by atoms with van der Waals surface area (Å²) in [6, 6.07) is 4.06. The first-order valence-electron chi connectivity index (χ1n) is 5.49. The Kier molecular flexibility index (Phi) is 5.58. The van der Waals surface area contributed by atoms with Crippen LogP contribution in [0, 0.1) is 12.7 Å². The van der Waals surface area contributed by atoms with Crippen molar-refractivity contribution in [3.8, 4) is 0 Å². The van der Waals surface area contributed by atoms with Crippen LogP contribution in [0.15, 0.2) is 23.4 Å². The van der Waals surface area contributed by atoms with Gasteiger partial charge in [-0.15, -0.1) is 0 Å². The number of amides is 1. The smallest absolute Gasteiger partial charge is 0.297 e. The van der Waals surface area contributed by atoms with Crippen molar-refractivity contribution in [2.75, 3.05) is 5.32 Å². The summed E-state index contributed by atoms with van der Waals surface area (Å²) in [6.45, 7) is 3.66. The van der Waals surface area contributed by atoms with Crippen LogP contribution in [0.1, 0.15) is 25.3 Å². The number of nitrogens with zero attached hydrogens (tertiary/aromatic N) is 1. The first kappa shape index (κ1) is 14.4. The molecule has 1 N–H and O–H groups in total. The first-order chi connectivity index (χ1) is 8.52. The van der Waals surface area contributed by atoms with Gasteiger partial charge in [0.2, 0.25) is 0 Å². The van der Waals surface area contributed by atoms with Gasteiger partial charge in [-0.1, -0.05) is 29.7 Å². The van der Waals surface area contributed by atoms with E-state index in [2.05, 4.69) is 15.3 Å². The molecule has 0 spiro atoms. The fourth-order valence-corrected chi connectivity index (χ4v) is 1.43. The Morgan fingerprint density at radius 2 is 2.28 bits per heavy atom. The van der Waals surface area contributed by atoms with Crippen LogP contribution in [-0.4, -0.2) is 11.3 Å². The van der Waals surface area contributed by atoms with Crippen LogP contribution in [-0.2, 0) is 4.84 Å². The number of anilines is 1. The minimum atomic E-state index is -0.807. The lowest BCUT2D eigenvalue weighted by Crippen LogP contribution is -2.12. The average Bonchev–Trinajstić information content (AvgIpc) is 2.32. The normalized spacial score (nSPS) is 11.2. The van der Waals surface area contributed by atoms with Crippen LogP contribution >= 0.6 is 11.6 Å². The quantitative estimate of drug-likeness (QED) is 0.511. The van der Waals surface area contributed by atoms with E-state index in [-0.39, 0.29) is 5.17 Å². The van der Waals surface area contributed by atoms with Crippen molar-refractivity contribution in [2.24, 2.45) is 5.16 Å². The van der Waals surface area contributed by atoms with E-state index < -0.39 is 11.9 Å². The van der Waals surface area contributed by atoms with Gasteiger partial charge in [-0.05, 0) is 31.0 Å². The number of benzene rings is 1. The molecule has 6 heteroatoms. The average molecular weight is 273 g/mol. The lowest BCUT2D eigenvalue weighted by Gasteiger charge is -2.06. The maximum atomic E-state index is 13.0. The highest BCUT2D eigenvalue weighted by Gasteiger charge is 2.07. The molecule has 0 aliphatic heterocycles. The highest BCUT2D eigenvalue weighted by Crippen LogP contribution is 2.16. The zero-order chi connectivity index (χ0) is 13.5. The molecule has 0 unspecified atom stereocenters. The Hall–Kier alpha value is -1.62. The summed E-state index contributed by atoms with van der Waals surface area (Å²) in [5, 5.41) is 6.03. The second-order valence-corrected chi connectivity index (χ2v) is 4.12. The summed E-state index contributed by atoms with van der Waals surface area (Å²) in [7, 11) is 0. The fourth-order valence-electron chi connectivity index (χ4n) is 1.20. The summed E-state index contributed by atoms with van der Waals surface area (Å²) < 4.78 is 13.0. The van der Waals surface area contributed by atoms with Crippen molar-refractivity contribution in [3.05, 3.63) is 29.6 Å². The van der Waals surface area contributed by atoms with Crippen molar-refractivity contribution in [1.29, 1.82) is 0 Å². The van der Waals surface area contributed by atoms with Crippen molar-refractivity contribution < 1.29 is 14.0 Å². The van der Waals surface area contributed by atoms with Gasteiger partial charge in [0.1, 0.15) is 11.0 Å². The Morgan fingerprint density at radius 1 is 1.56 bits per heavy atom. The van der Waals surface area contributed by atoms with Crippen LogP contribution in [0.3, 0.4) is 0 Å². The molecule has 18 heavy (non-hydrogen) atoms. The molecule has 1 amide bonds. The van der Waals surface area contributed by atoms with Gasteiger partial charge in [0.25, 0.3) is 0 Å². The van der Waals surface area contributed by atoms with Gasteiger partial charge in [-0.25, -0.2) is 9.18 Å². The Balaban J connectivity index is 2.59. The van der Waals surface area contributed by atoms with Crippen molar-refractivity contribution in [2.45, 2.75) is 26.7 Å². The van der Waals surface area contributed by atoms with E-state index in [1.165, 1.54) is 12.1 Å². The lowest BCUT2D eigenvalue weighted by atomic mass is 10.2. The molecule has 0 aliphatic carbocycles. The number of hydrogen-bond acceptors (Lipinski definition) is 3. The van der Waals surface area contributed by atoms with E-state index in [0.717, 1.165) is 12.0 Å². The molecule has 0 saturated heterocycles. The van der Waals surface area contributed by atoms with E-state index >= 15 is 0 Å². The van der Waals surface area contributed by atoms with Crippen molar-refractivity contribution in [1.82, 2.24) is 0 Å². The molecule has 0 aliphatic rings. The maximum Gasteiger partial charge on any atom is 0.437 e. The number of rotatable bonds is 4. The molecule has 0 bridgehead atoms.